The molecule has 0 spiro atoms. The summed E-state index contributed by atoms with van der Waals surface area (Å²) >= 11 is -0.926. The second-order valence-corrected chi connectivity index (χ2v) is 36.3. The number of hydrogen-bond donors (Lipinski definition) is 19. The molecule has 42 heteroatoms. The molecule has 3 aromatic rings. The summed E-state index contributed by atoms with van der Waals surface area (Å²) in [5, 5.41) is 53.4. The molecule has 1 unspecified atom stereocenters. The topological polar surface area (TPSA) is 585 Å². The number of oxime groups is 1. The highest BCUT2D eigenvalue weighted by Gasteiger charge is 2.42. The predicted molar refractivity (Wildman–Crippen MR) is 506 cm³/mol. The first-order chi connectivity index (χ1) is 62.1. The predicted octanol–water partition coefficient (Wildman–Crippen LogP) is 2.64. The van der Waals surface area contributed by atoms with Gasteiger partial charge in [0.05, 0.1) is 47.8 Å². The average Bonchev–Trinajstić information content (AvgIpc) is 1.58. The van der Waals surface area contributed by atoms with E-state index in [0.29, 0.717) is 62.2 Å². The number of unbranched alkanes of at least 4 members (excludes halogenated alkanes) is 2. The van der Waals surface area contributed by atoms with Crippen LogP contribution in [0.5, 0.6) is 0 Å². The summed E-state index contributed by atoms with van der Waals surface area (Å²) in [6.45, 7) is 19.3. The summed E-state index contributed by atoms with van der Waals surface area (Å²) in [6.07, 6.45) is 19.5. The molecule has 5 rings (SSSR count). The molecule has 21 N–H and O–H groups in total. The van der Waals surface area contributed by atoms with Gasteiger partial charge in [-0.3, -0.25) is 73.1 Å². The molecule has 131 heavy (non-hydrogen) atoms. The minimum Gasteiger partial charge on any atom is -0.394 e. The maximum absolute atomic E-state index is 13.9. The number of aryl methyl sites for hydroxylation is 1. The van der Waals surface area contributed by atoms with Gasteiger partial charge in [0.25, 0.3) is 10.1 Å². The Morgan fingerprint density at radius 1 is 0.702 bits per heavy atom. The second-order valence-electron chi connectivity index (χ2n) is 33.0. The van der Waals surface area contributed by atoms with Crippen LogP contribution in [0.2, 0.25) is 0 Å². The lowest BCUT2D eigenvalue weighted by molar-refractivity contribution is -0.142. The van der Waals surface area contributed by atoms with Gasteiger partial charge in [0.15, 0.2) is 23.0 Å². The first-order valence-electron chi connectivity index (χ1n) is 43.7. The molecule has 39 nitrogen and oxygen atoms in total. The molecule has 3 aromatic carbocycles. The number of allylic oxidation sites excluding steroid dienone is 8. The van der Waals surface area contributed by atoms with Gasteiger partial charge in [0.2, 0.25) is 65.0 Å². The van der Waals surface area contributed by atoms with E-state index >= 15 is 0 Å². The number of aliphatic imine (C=N–C) groups is 1. The number of thioether (sulfide) groups is 1. The number of fused-ring (bicyclic) bond motifs is 1. The largest absolute Gasteiger partial charge is 0.394 e. The Morgan fingerprint density at radius 3 is 1.94 bits per heavy atom. The molecule has 2 aliphatic rings. The summed E-state index contributed by atoms with van der Waals surface area (Å²) in [4.78, 5) is 161. The fourth-order valence-corrected chi connectivity index (χ4v) is 16.2. The Hall–Kier alpha value is -11.4. The van der Waals surface area contributed by atoms with Crippen molar-refractivity contribution in [1.82, 2.24) is 74.0 Å². The van der Waals surface area contributed by atoms with Crippen molar-refractivity contribution in [2.24, 2.45) is 27.5 Å². The number of likely N-dealkylation sites (N-methyl/N-ethyl adjacent to an activating group) is 2. The van der Waals surface area contributed by atoms with Gasteiger partial charge in [0.1, 0.15) is 49.5 Å². The number of amides is 11. The zero-order valence-electron chi connectivity index (χ0n) is 77.2. The molecule has 2 heterocycles. The van der Waals surface area contributed by atoms with Crippen molar-refractivity contribution in [3.05, 3.63) is 137 Å². The highest BCUT2D eigenvalue weighted by atomic mass is 32.2. The van der Waals surface area contributed by atoms with Crippen LogP contribution in [0.15, 0.2) is 129 Å². The van der Waals surface area contributed by atoms with Crippen LogP contribution in [0.3, 0.4) is 0 Å². The Balaban J connectivity index is 1.01. The van der Waals surface area contributed by atoms with Crippen molar-refractivity contribution in [1.29, 1.82) is 10.8 Å². The molecular formula is C89H135N21O18S3. The number of rotatable bonds is 56. The number of nitrogens with one attached hydrogen (secondary N) is 15. The lowest BCUT2D eigenvalue weighted by Crippen LogP contribution is -2.57. The number of ether oxygens (including phenoxy) is 1. The maximum Gasteiger partial charge on any atom is 0.294 e. The van der Waals surface area contributed by atoms with Crippen LogP contribution in [-0.2, 0) is 101 Å². The molecule has 1 saturated heterocycles. The molecule has 8 atom stereocenters. The normalized spacial score (nSPS) is 15.9. The Kier molecular flexibility index (Phi) is 46.8. The number of nitrogens with zero attached hydrogens (tertiary/aromatic N) is 4. The van der Waals surface area contributed by atoms with Crippen molar-refractivity contribution in [3.63, 3.8) is 0 Å². The second kappa shape index (κ2) is 55.7. The fraction of sp³-hybridized carbons (Fsp3) is 0.539. The van der Waals surface area contributed by atoms with Crippen molar-refractivity contribution < 1.29 is 84.0 Å². The number of guanidine groups is 2. The molecule has 0 aromatic heterocycles. The Labute approximate surface area is 774 Å². The summed E-state index contributed by atoms with van der Waals surface area (Å²) in [7, 11) is -1.42. The minimum absolute atomic E-state index is 0.0251. The van der Waals surface area contributed by atoms with Crippen LogP contribution >= 0.6 is 11.8 Å². The summed E-state index contributed by atoms with van der Waals surface area (Å²) in [6, 6.07) is 9.96. The molecule has 722 valence electrons. The third-order valence-electron chi connectivity index (χ3n) is 21.7. The van der Waals surface area contributed by atoms with E-state index in [0.717, 1.165) is 51.3 Å². The highest BCUT2D eigenvalue weighted by molar-refractivity contribution is 7.98. The molecule has 0 saturated carbocycles. The number of likely N-dealkylation sites (tertiary alicyclic amines) is 1. The van der Waals surface area contributed by atoms with Crippen LogP contribution in [0.4, 0.5) is 5.69 Å². The number of carbonyl (C=O) groups is 11. The number of benzene rings is 3. The van der Waals surface area contributed by atoms with Gasteiger partial charge in [-0.1, -0.05) is 114 Å². The van der Waals surface area contributed by atoms with Crippen LogP contribution in [0, 0.1) is 23.7 Å². The minimum atomic E-state index is -4.47. The smallest absolute Gasteiger partial charge is 0.294 e. The van der Waals surface area contributed by atoms with E-state index in [4.69, 9.17) is 36.9 Å². The summed E-state index contributed by atoms with van der Waals surface area (Å²) < 4.78 is 61.9. The molecule has 11 amide bonds. The number of carbonyl (C=O) groups excluding carboxylic acids is 11. The van der Waals surface area contributed by atoms with Gasteiger partial charge in [-0.2, -0.15) is 20.2 Å². The van der Waals surface area contributed by atoms with Crippen LogP contribution in [0.1, 0.15) is 161 Å². The lowest BCUT2D eigenvalue weighted by atomic mass is 9.77. The standard InChI is InChI=1S/C89H135N21O18S3/c1-14-96-73(88(7,8)64-50-62(130(122)123)37-32-57(64)4)29-19-16-15-17-20-30-74-89(9,10)65-51-63(131(124,125)126)38-39-71(65)109(74)44-22-18-21-31-75(111)97-43-47-128-108-58(5)61-35-33-60(34-36-61)49-68(94-11)81(117)98-42-46-127-54-78(114)110-45-25-28-72(110)85(121)107-69(48-56(2)3)82(118)102-53-77(113)105-70(55-129-13)84(120)103-59(6)79(115)101-52-76(112)104-67(27-24-41-100-87(92)93)83(119)106-66(80(116)95-12)26-23-40-99-86(90)91/h15-17,19-20,29-30,32-39,50-51,56,59,66-70,72,94H,14,18,21-28,31,40-49,52-55H2,1-13H3,(H,95,116)(H,97,111)(H,98,117)(H,101,115)(H,102,118)(H,103,120)(H,104,112)(H,105,113)(H,106,119)(H,107,121)(H,122,123)(H4,90,91,99)(H4,92,93,100)(H,124,125,126)/b16-15+,20-17+,29-19+,74-30+,96-73?,108-58+/t59-,66+,67+,68-,69-,70-,72-/m0/s1. The molecule has 0 radical (unpaired) electrons. The third-order valence-corrected chi connectivity index (χ3v) is 23.9. The molecular weight excluding hydrogens is 1750 g/mol. The molecule has 1 fully saturated rings. The lowest BCUT2D eigenvalue weighted by Gasteiger charge is -2.28. The van der Waals surface area contributed by atoms with E-state index in [1.165, 1.54) is 42.8 Å². The van der Waals surface area contributed by atoms with Crippen LogP contribution in [0.25, 0.3) is 0 Å². The van der Waals surface area contributed by atoms with Crippen molar-refractivity contribution in [2.45, 2.75) is 209 Å². The van der Waals surface area contributed by atoms with Gasteiger partial charge in [-0.15, -0.1) is 0 Å². The van der Waals surface area contributed by atoms with Gasteiger partial charge in [0, 0.05) is 86.4 Å². The fourth-order valence-electron chi connectivity index (χ4n) is 14.7. The van der Waals surface area contributed by atoms with Crippen molar-refractivity contribution in [3.8, 4) is 0 Å². The molecule has 0 bridgehead atoms. The van der Waals surface area contributed by atoms with E-state index in [-0.39, 0.29) is 118 Å². The quantitative estimate of drug-likeness (QED) is 0.00734. The van der Waals surface area contributed by atoms with Crippen LogP contribution < -0.4 is 85.5 Å². The van der Waals surface area contributed by atoms with E-state index in [2.05, 4.69) is 79.2 Å². The van der Waals surface area contributed by atoms with Crippen molar-refractivity contribution in [2.75, 3.05) is 110 Å². The molecule has 2 aliphatic heterocycles. The number of nitrogens with two attached hydrogens (primary N) is 2. The van der Waals surface area contributed by atoms with E-state index in [1.807, 2.05) is 128 Å². The zero-order chi connectivity index (χ0) is 97.1. The van der Waals surface area contributed by atoms with E-state index in [9.17, 15) is 74.5 Å². The third kappa shape index (κ3) is 37.0. The monoisotopic (exact) mass is 1880 g/mol. The summed E-state index contributed by atoms with van der Waals surface area (Å²) in [5.41, 5.74) is 16.9. The van der Waals surface area contributed by atoms with Gasteiger partial charge >= 0.3 is 0 Å². The Morgan fingerprint density at radius 2 is 1.32 bits per heavy atom. The van der Waals surface area contributed by atoms with E-state index < -0.39 is 147 Å². The zero-order valence-corrected chi connectivity index (χ0v) is 79.7. The Bertz CT molecular complexity index is 4770. The first-order valence-corrected chi connectivity index (χ1v) is 47.7. The van der Waals surface area contributed by atoms with E-state index in [1.54, 1.807) is 38.4 Å². The highest BCUT2D eigenvalue weighted by Crippen LogP contribution is 2.49. The van der Waals surface area contributed by atoms with Gasteiger partial charge in [-0.05, 0) is 181 Å². The van der Waals surface area contributed by atoms with Crippen LogP contribution in [-0.4, -0.2) is 262 Å². The van der Waals surface area contributed by atoms with Crippen molar-refractivity contribution >= 4 is 127 Å². The summed E-state index contributed by atoms with van der Waals surface area (Å²) in [5.74, 6) is -7.23. The number of anilines is 1. The first kappa shape index (κ1) is 110. The maximum atomic E-state index is 13.9. The molecule has 0 aliphatic carbocycles. The average molecular weight is 1880 g/mol. The number of hydrogen-bond acceptors (Lipinski definition) is 23. The van der Waals surface area contributed by atoms with Gasteiger partial charge in [-0.25, -0.2) is 4.21 Å². The SMILES string of the molecule is CCN=C(/C=C/C=C/C=C/C=C1/N(CCCCCC(=O)NCCO/N=C(\C)c2ccc(C[C@H](NC)C(=O)NCCOCC(=O)N3CCC[C@H]3C(=O)N[C@@H](CC(C)C)C(=O)NCC(=O)N[C@@H](CSC)C(=O)N[C@@H](C)C(=O)NCC(=O)N[C@H](CCCNC(=N)N)C(=O)N[C@H](CCCNC(=N)N)C(=O)NC)cc2)c2ccc(S(=O)(=O)O)cc2C1(C)C)C(C)(C)c1cc(S(=O)O)ccc1C. The van der Waals surface area contributed by atoms with Gasteiger partial charge < -0.3 is 105 Å².